The maximum atomic E-state index is 14.3. The zero-order valence-electron chi connectivity index (χ0n) is 24.9. The second-order valence-electron chi connectivity index (χ2n) is 11.3. The van der Waals surface area contributed by atoms with Crippen LogP contribution in [0.25, 0.3) is 0 Å². The molecule has 0 bridgehead atoms. The highest BCUT2D eigenvalue weighted by Crippen LogP contribution is 2.36. The average Bonchev–Trinajstić information content (AvgIpc) is 3.03. The van der Waals surface area contributed by atoms with Crippen LogP contribution in [0, 0.1) is 23.0 Å². The molecule has 14 heteroatoms. The number of anilines is 1. The number of hydrogen-bond donors (Lipinski definition) is 3. The molecule has 3 aliphatic rings. The van der Waals surface area contributed by atoms with E-state index in [1.165, 1.54) is 7.11 Å². The standard InChI is InChI=1S/C31H34F2N6O6/c1-44-15-24-26(28(40)45-2)27(19-7-8-22(32)23(33)13-19)39(30(42)36-24)29(41)35-16-31(43)17-38(18-31)21-9-11-37(12-10-21)25-6-4-3-5-20(25)14-34/h3-8,13,21,27,43H,9-12,15-18H2,1-2H3,(H,35,41)(H,36,42). The van der Waals surface area contributed by atoms with Gasteiger partial charge in [-0.1, -0.05) is 18.2 Å². The number of para-hydroxylation sites is 1. The molecule has 3 aliphatic heterocycles. The van der Waals surface area contributed by atoms with Crippen molar-refractivity contribution in [1.82, 2.24) is 20.4 Å². The topological polar surface area (TPSA) is 147 Å². The van der Waals surface area contributed by atoms with Gasteiger partial charge in [0.25, 0.3) is 0 Å². The number of carbonyl (C=O) groups excluding carboxylic acids is 3. The first-order valence-electron chi connectivity index (χ1n) is 14.4. The van der Waals surface area contributed by atoms with Crippen LogP contribution in [0.4, 0.5) is 24.1 Å². The van der Waals surface area contributed by atoms with Crippen molar-refractivity contribution < 1.29 is 37.7 Å². The van der Waals surface area contributed by atoms with Crippen molar-refractivity contribution >= 4 is 23.7 Å². The van der Waals surface area contributed by atoms with Crippen molar-refractivity contribution in [3.63, 3.8) is 0 Å². The maximum absolute atomic E-state index is 14.3. The smallest absolute Gasteiger partial charge is 0.338 e. The molecule has 3 N–H and O–H groups in total. The lowest BCUT2D eigenvalue weighted by Crippen LogP contribution is -2.70. The summed E-state index contributed by atoms with van der Waals surface area (Å²) >= 11 is 0. The summed E-state index contributed by atoms with van der Waals surface area (Å²) in [5.74, 6) is -3.30. The molecule has 0 aliphatic carbocycles. The Morgan fingerprint density at radius 2 is 1.84 bits per heavy atom. The molecule has 1 atom stereocenters. The molecule has 45 heavy (non-hydrogen) atoms. The monoisotopic (exact) mass is 624 g/mol. The summed E-state index contributed by atoms with van der Waals surface area (Å²) in [7, 11) is 2.44. The highest BCUT2D eigenvalue weighted by molar-refractivity contribution is 6.01. The van der Waals surface area contributed by atoms with Gasteiger partial charge in [0.05, 0.1) is 42.8 Å². The van der Waals surface area contributed by atoms with E-state index < -0.39 is 41.3 Å². The molecule has 3 heterocycles. The number of amides is 4. The number of rotatable bonds is 8. The fraction of sp³-hybridized carbons (Fsp3) is 0.419. The first-order valence-corrected chi connectivity index (χ1v) is 14.4. The van der Waals surface area contributed by atoms with Crippen LogP contribution in [0.1, 0.15) is 30.0 Å². The van der Waals surface area contributed by atoms with E-state index in [-0.39, 0.29) is 49.1 Å². The third-order valence-electron chi connectivity index (χ3n) is 8.42. The summed E-state index contributed by atoms with van der Waals surface area (Å²) in [5, 5.41) is 25.6. The molecule has 0 saturated carbocycles. The Hall–Kier alpha value is -4.58. The fourth-order valence-corrected chi connectivity index (χ4v) is 6.20. The molecule has 1 unspecified atom stereocenters. The lowest BCUT2D eigenvalue weighted by atomic mass is 9.89. The first-order chi connectivity index (χ1) is 21.6. The minimum atomic E-state index is -1.48. The van der Waals surface area contributed by atoms with Crippen molar-refractivity contribution in [3.8, 4) is 6.07 Å². The molecule has 4 amide bonds. The van der Waals surface area contributed by atoms with E-state index in [9.17, 15) is 33.5 Å². The molecule has 12 nitrogen and oxygen atoms in total. The van der Waals surface area contributed by atoms with E-state index in [0.29, 0.717) is 10.5 Å². The molecule has 2 aromatic rings. The Morgan fingerprint density at radius 1 is 1.13 bits per heavy atom. The maximum Gasteiger partial charge on any atom is 0.338 e. The number of methoxy groups -OCH3 is 2. The SMILES string of the molecule is COCC1=C(C(=O)OC)C(c2ccc(F)c(F)c2)N(C(=O)NCC2(O)CN(C3CCN(c4ccccc4C#N)CC3)C2)C(=O)N1. The summed E-state index contributed by atoms with van der Waals surface area (Å²) in [6.45, 7) is 1.66. The van der Waals surface area contributed by atoms with Crippen LogP contribution < -0.4 is 15.5 Å². The Kier molecular flexibility index (Phi) is 9.33. The second-order valence-corrected chi connectivity index (χ2v) is 11.3. The van der Waals surface area contributed by atoms with E-state index in [4.69, 9.17) is 9.47 Å². The quantitative estimate of drug-likeness (QED) is 0.377. The summed E-state index contributed by atoms with van der Waals surface area (Å²) < 4.78 is 38.1. The number of nitrogens with one attached hydrogen (secondary N) is 2. The number of imide groups is 1. The number of esters is 1. The number of nitrogens with zero attached hydrogens (tertiary/aromatic N) is 4. The summed E-state index contributed by atoms with van der Waals surface area (Å²) in [6.07, 6.45) is 1.66. The predicted octanol–water partition coefficient (Wildman–Crippen LogP) is 2.40. The van der Waals surface area contributed by atoms with Crippen molar-refractivity contribution in [2.45, 2.75) is 30.5 Å². The Morgan fingerprint density at radius 3 is 2.49 bits per heavy atom. The molecule has 0 radical (unpaired) electrons. The Labute approximate surface area is 258 Å². The molecule has 2 aromatic carbocycles. The fourth-order valence-electron chi connectivity index (χ4n) is 6.20. The van der Waals surface area contributed by atoms with Gasteiger partial charge in [-0.25, -0.2) is 28.1 Å². The van der Waals surface area contributed by atoms with Gasteiger partial charge in [-0.15, -0.1) is 0 Å². The minimum Gasteiger partial charge on any atom is -0.466 e. The van der Waals surface area contributed by atoms with E-state index in [0.717, 1.165) is 56.9 Å². The number of halogens is 2. The van der Waals surface area contributed by atoms with Crippen LogP contribution in [-0.4, -0.2) is 98.1 Å². The van der Waals surface area contributed by atoms with Crippen molar-refractivity contribution in [2.24, 2.45) is 0 Å². The van der Waals surface area contributed by atoms with Crippen LogP contribution in [0.5, 0.6) is 0 Å². The van der Waals surface area contributed by atoms with E-state index >= 15 is 0 Å². The van der Waals surface area contributed by atoms with Crippen LogP contribution in [0.2, 0.25) is 0 Å². The van der Waals surface area contributed by atoms with Gasteiger partial charge in [0.15, 0.2) is 11.6 Å². The average molecular weight is 625 g/mol. The zero-order chi connectivity index (χ0) is 32.3. The minimum absolute atomic E-state index is 0.00329. The van der Waals surface area contributed by atoms with Crippen molar-refractivity contribution in [2.75, 3.05) is 58.5 Å². The normalized spacial score (nSPS) is 20.3. The van der Waals surface area contributed by atoms with Gasteiger partial charge in [0.2, 0.25) is 0 Å². The predicted molar refractivity (Wildman–Crippen MR) is 157 cm³/mol. The van der Waals surface area contributed by atoms with E-state index in [1.807, 2.05) is 18.2 Å². The number of benzene rings is 2. The number of likely N-dealkylation sites (tertiary alicyclic amines) is 1. The largest absolute Gasteiger partial charge is 0.466 e. The van der Waals surface area contributed by atoms with Gasteiger partial charge < -0.3 is 30.1 Å². The highest BCUT2D eigenvalue weighted by Gasteiger charge is 2.47. The Bertz CT molecular complexity index is 1550. The number of nitriles is 1. The molecular formula is C31H34F2N6O6. The Balaban J connectivity index is 1.25. The number of aliphatic hydroxyl groups is 1. The van der Waals surface area contributed by atoms with Crippen molar-refractivity contribution in [1.29, 1.82) is 5.26 Å². The van der Waals surface area contributed by atoms with Gasteiger partial charge in [-0.05, 0) is 42.7 Å². The number of ether oxygens (including phenoxy) is 2. The van der Waals surface area contributed by atoms with Gasteiger partial charge in [0, 0.05) is 39.3 Å². The van der Waals surface area contributed by atoms with E-state index in [2.05, 4.69) is 26.5 Å². The van der Waals surface area contributed by atoms with Gasteiger partial charge in [0.1, 0.15) is 17.7 Å². The molecule has 0 aromatic heterocycles. The van der Waals surface area contributed by atoms with Crippen LogP contribution in [0.3, 0.4) is 0 Å². The molecule has 2 saturated heterocycles. The number of urea groups is 2. The van der Waals surface area contributed by atoms with Crippen LogP contribution in [0.15, 0.2) is 53.7 Å². The first kappa shape index (κ1) is 31.8. The van der Waals surface area contributed by atoms with Crippen molar-refractivity contribution in [3.05, 3.63) is 76.5 Å². The lowest BCUT2D eigenvalue weighted by Gasteiger charge is -2.52. The summed E-state index contributed by atoms with van der Waals surface area (Å²) in [4.78, 5) is 44.6. The lowest BCUT2D eigenvalue weighted by molar-refractivity contribution is -0.137. The molecule has 5 rings (SSSR count). The second kappa shape index (κ2) is 13.2. The number of piperidine rings is 1. The van der Waals surface area contributed by atoms with Gasteiger partial charge >= 0.3 is 18.0 Å². The number of β-amino-alcohol motifs (C(OH)–C–C–N with tert-alkyl or cyclic N) is 1. The molecule has 2 fully saturated rings. The molecule has 238 valence electrons. The molecular weight excluding hydrogens is 590 g/mol. The van der Waals surface area contributed by atoms with Gasteiger partial charge in [-0.3, -0.25) is 4.90 Å². The van der Waals surface area contributed by atoms with Gasteiger partial charge in [-0.2, -0.15) is 5.26 Å². The van der Waals surface area contributed by atoms with Crippen LogP contribution in [-0.2, 0) is 14.3 Å². The number of hydrogen-bond acceptors (Lipinski definition) is 9. The zero-order valence-corrected chi connectivity index (χ0v) is 24.9. The third kappa shape index (κ3) is 6.46. The summed E-state index contributed by atoms with van der Waals surface area (Å²) in [5.41, 5.74) is 0.0188. The van der Waals surface area contributed by atoms with Crippen LogP contribution >= 0.6 is 0 Å². The molecule has 0 spiro atoms. The van der Waals surface area contributed by atoms with E-state index in [1.54, 1.807) is 6.07 Å². The summed E-state index contributed by atoms with van der Waals surface area (Å²) in [6, 6.07) is 9.34. The highest BCUT2D eigenvalue weighted by atomic mass is 19.2. The number of carbonyl (C=O) groups is 3. The third-order valence-corrected chi connectivity index (χ3v) is 8.42.